The molecule has 8 heteroatoms. The number of nitrogen functional groups attached to an aromatic ring is 1. The molecule has 3 N–H and O–H groups in total. The van der Waals surface area contributed by atoms with E-state index in [2.05, 4.69) is 0 Å². The van der Waals surface area contributed by atoms with Gasteiger partial charge in [0.05, 0.1) is 16.9 Å². The lowest BCUT2D eigenvalue weighted by atomic mass is 9.78. The van der Waals surface area contributed by atoms with Crippen LogP contribution < -0.4 is 5.73 Å². The van der Waals surface area contributed by atoms with Gasteiger partial charge in [-0.05, 0) is 45.3 Å². The van der Waals surface area contributed by atoms with Gasteiger partial charge in [0.25, 0.3) is 0 Å². The van der Waals surface area contributed by atoms with Gasteiger partial charge in [0.15, 0.2) is 5.12 Å². The molecule has 0 amide bonds. The highest BCUT2D eigenvalue weighted by atomic mass is 35.5. The van der Waals surface area contributed by atoms with Gasteiger partial charge in [-0.2, -0.15) is 0 Å². The lowest BCUT2D eigenvalue weighted by molar-refractivity contribution is -0.109. The van der Waals surface area contributed by atoms with E-state index in [9.17, 15) is 9.90 Å². The van der Waals surface area contributed by atoms with Crippen LogP contribution in [0.1, 0.15) is 40.2 Å². The van der Waals surface area contributed by atoms with Gasteiger partial charge in [-0.25, -0.2) is 0 Å². The molecule has 136 valence electrons. The van der Waals surface area contributed by atoms with Crippen molar-refractivity contribution in [2.75, 3.05) is 11.5 Å². The van der Waals surface area contributed by atoms with Crippen LogP contribution >= 0.6 is 23.4 Å². The summed E-state index contributed by atoms with van der Waals surface area (Å²) in [4.78, 5) is 11.4. The maximum Gasteiger partial charge on any atom is 0.491 e. The van der Waals surface area contributed by atoms with Gasteiger partial charge in [0.2, 0.25) is 0 Å². The molecule has 2 rings (SSSR count). The van der Waals surface area contributed by atoms with Crippen LogP contribution in [0.4, 0.5) is 5.69 Å². The first-order chi connectivity index (χ1) is 11.4. The second kappa shape index (κ2) is 7.23. The van der Waals surface area contributed by atoms with E-state index in [1.807, 2.05) is 27.7 Å². The van der Waals surface area contributed by atoms with Crippen molar-refractivity contribution in [2.24, 2.45) is 0 Å². The molecule has 0 saturated carbocycles. The summed E-state index contributed by atoms with van der Waals surface area (Å²) in [6, 6.07) is 3.09. The molecule has 1 aromatic carbocycles. The van der Waals surface area contributed by atoms with E-state index in [0.717, 1.165) is 17.2 Å². The van der Waals surface area contributed by atoms with Crippen molar-refractivity contribution in [1.82, 2.24) is 0 Å². The number of phenols is 1. The van der Waals surface area contributed by atoms with E-state index in [0.29, 0.717) is 16.3 Å². The van der Waals surface area contributed by atoms with Crippen LogP contribution in [-0.4, -0.2) is 34.3 Å². The zero-order valence-corrected chi connectivity index (χ0v) is 16.6. The number of carbonyl (C=O) groups excluding carboxylic acids is 1. The fourth-order valence-electron chi connectivity index (χ4n) is 2.31. The van der Waals surface area contributed by atoms with Crippen LogP contribution in [0.5, 0.6) is 5.75 Å². The number of aromatic hydroxyl groups is 1. The molecule has 0 radical (unpaired) electrons. The van der Waals surface area contributed by atoms with E-state index in [4.69, 9.17) is 26.6 Å². The standard InChI is InChI=1S/C17H23BClNO4S/c1-10(21)25-9-12(18-23-16(2,3)17(4,5)24-18)6-11-7-13(19)8-14(20)15(11)22/h6-8,22H,9,20H2,1-5H3. The molecule has 1 aliphatic heterocycles. The number of halogens is 1. The Hall–Kier alpha value is -1.15. The summed E-state index contributed by atoms with van der Waals surface area (Å²) in [6.45, 7) is 9.33. The molecule has 0 aliphatic carbocycles. The summed E-state index contributed by atoms with van der Waals surface area (Å²) >= 11 is 7.19. The number of benzene rings is 1. The number of hydrogen-bond donors (Lipinski definition) is 2. The Bertz CT molecular complexity index is 705. The van der Waals surface area contributed by atoms with Crippen LogP contribution in [0.25, 0.3) is 6.08 Å². The van der Waals surface area contributed by atoms with Gasteiger partial charge < -0.3 is 20.1 Å². The molecule has 1 aromatic rings. The number of phenolic OH excluding ortho intramolecular Hbond substituents is 1. The number of rotatable bonds is 4. The fraction of sp³-hybridized carbons (Fsp3) is 0.471. The molecule has 25 heavy (non-hydrogen) atoms. The molecular weight excluding hydrogens is 361 g/mol. The topological polar surface area (TPSA) is 81.8 Å². The lowest BCUT2D eigenvalue weighted by Crippen LogP contribution is -2.41. The number of anilines is 1. The molecule has 0 spiro atoms. The van der Waals surface area contributed by atoms with Gasteiger partial charge in [-0.15, -0.1) is 0 Å². The van der Waals surface area contributed by atoms with Crippen molar-refractivity contribution in [3.05, 3.63) is 28.2 Å². The number of carbonyl (C=O) groups is 1. The van der Waals surface area contributed by atoms with Crippen LogP contribution in [0.15, 0.2) is 17.6 Å². The SMILES string of the molecule is CC(=O)SCC(=Cc1cc(Cl)cc(N)c1O)B1OC(C)(C)C(C)(C)O1. The van der Waals surface area contributed by atoms with E-state index < -0.39 is 18.3 Å². The first-order valence-electron chi connectivity index (χ1n) is 7.90. The van der Waals surface area contributed by atoms with Gasteiger partial charge in [0, 0.05) is 23.3 Å². The van der Waals surface area contributed by atoms with Crippen LogP contribution in [0.2, 0.25) is 5.02 Å². The molecule has 1 fully saturated rings. The predicted octanol–water partition coefficient (Wildman–Crippen LogP) is 3.92. The first kappa shape index (κ1) is 20.2. The van der Waals surface area contributed by atoms with E-state index in [1.165, 1.54) is 13.0 Å². The Morgan fingerprint density at radius 3 is 2.40 bits per heavy atom. The number of hydrogen-bond acceptors (Lipinski definition) is 6. The van der Waals surface area contributed by atoms with E-state index in [1.54, 1.807) is 12.1 Å². The highest BCUT2D eigenvalue weighted by molar-refractivity contribution is 8.13. The molecule has 0 unspecified atom stereocenters. The first-order valence-corrected chi connectivity index (χ1v) is 9.27. The van der Waals surface area contributed by atoms with Gasteiger partial charge in [0.1, 0.15) is 5.75 Å². The summed E-state index contributed by atoms with van der Waals surface area (Å²) in [5.41, 5.74) is 6.12. The maximum atomic E-state index is 11.4. The Morgan fingerprint density at radius 2 is 1.88 bits per heavy atom. The summed E-state index contributed by atoms with van der Waals surface area (Å²) < 4.78 is 12.1. The second-order valence-electron chi connectivity index (χ2n) is 7.02. The summed E-state index contributed by atoms with van der Waals surface area (Å²) in [7, 11) is -0.628. The summed E-state index contributed by atoms with van der Waals surface area (Å²) in [6.07, 6.45) is 1.72. The largest absolute Gasteiger partial charge is 0.505 e. The molecule has 0 aromatic heterocycles. The molecule has 1 saturated heterocycles. The minimum absolute atomic E-state index is 0.0164. The molecule has 5 nitrogen and oxygen atoms in total. The fourth-order valence-corrected chi connectivity index (χ4v) is 3.13. The zero-order valence-electron chi connectivity index (χ0n) is 15.1. The second-order valence-corrected chi connectivity index (χ2v) is 8.61. The third-order valence-electron chi connectivity index (χ3n) is 4.47. The summed E-state index contributed by atoms with van der Waals surface area (Å²) in [5, 5.41) is 10.6. The van der Waals surface area contributed by atoms with Crippen molar-refractivity contribution < 1.29 is 19.2 Å². The average Bonchev–Trinajstić information content (AvgIpc) is 2.68. The number of nitrogens with two attached hydrogens (primary N) is 1. The van der Waals surface area contributed by atoms with Crippen LogP contribution in [0, 0.1) is 0 Å². The van der Waals surface area contributed by atoms with Crippen molar-refractivity contribution in [1.29, 1.82) is 0 Å². The molecular formula is C17H23BClNO4S. The molecule has 0 bridgehead atoms. The average molecular weight is 384 g/mol. The zero-order chi connectivity index (χ0) is 19.0. The smallest absolute Gasteiger partial charge is 0.491 e. The van der Waals surface area contributed by atoms with Gasteiger partial charge in [-0.3, -0.25) is 4.79 Å². The minimum Gasteiger partial charge on any atom is -0.505 e. The molecule has 1 aliphatic rings. The Labute approximate surface area is 158 Å². The number of thioether (sulfide) groups is 1. The highest BCUT2D eigenvalue weighted by Gasteiger charge is 2.52. The van der Waals surface area contributed by atoms with Crippen LogP contribution in [-0.2, 0) is 14.1 Å². The monoisotopic (exact) mass is 383 g/mol. The van der Waals surface area contributed by atoms with Crippen molar-refractivity contribution in [2.45, 2.75) is 45.8 Å². The van der Waals surface area contributed by atoms with E-state index >= 15 is 0 Å². The summed E-state index contributed by atoms with van der Waals surface area (Å²) in [5.74, 6) is 0.309. The molecule has 1 heterocycles. The van der Waals surface area contributed by atoms with Crippen molar-refractivity contribution in [3.63, 3.8) is 0 Å². The third kappa shape index (κ3) is 4.53. The van der Waals surface area contributed by atoms with Gasteiger partial charge >= 0.3 is 7.12 Å². The lowest BCUT2D eigenvalue weighted by Gasteiger charge is -2.32. The Kier molecular flexibility index (Phi) is 5.83. The Balaban J connectivity index is 2.42. The van der Waals surface area contributed by atoms with E-state index in [-0.39, 0.29) is 16.6 Å². The van der Waals surface area contributed by atoms with Crippen molar-refractivity contribution in [3.8, 4) is 5.75 Å². The van der Waals surface area contributed by atoms with Crippen LogP contribution in [0.3, 0.4) is 0 Å². The van der Waals surface area contributed by atoms with Gasteiger partial charge in [-0.1, -0.05) is 29.4 Å². The Morgan fingerprint density at radius 1 is 1.32 bits per heavy atom. The normalized spacial score (nSPS) is 19.3. The maximum absolute atomic E-state index is 11.4. The predicted molar refractivity (Wildman–Crippen MR) is 105 cm³/mol. The molecule has 0 atom stereocenters. The minimum atomic E-state index is -0.628. The quantitative estimate of drug-likeness (QED) is 0.466. The highest BCUT2D eigenvalue weighted by Crippen LogP contribution is 2.40. The van der Waals surface area contributed by atoms with Crippen molar-refractivity contribution >= 4 is 47.4 Å². The third-order valence-corrected chi connectivity index (χ3v) is 5.58.